The molecule has 0 aromatic carbocycles. The van der Waals surface area contributed by atoms with Crippen molar-refractivity contribution >= 4 is 39.1 Å². The first kappa shape index (κ1) is 16.1. The summed E-state index contributed by atoms with van der Waals surface area (Å²) in [4.78, 5) is 11.9. The van der Waals surface area contributed by atoms with E-state index in [2.05, 4.69) is 18.8 Å². The van der Waals surface area contributed by atoms with Crippen LogP contribution in [0.5, 0.6) is 0 Å². The van der Waals surface area contributed by atoms with Crippen LogP contribution in [0.2, 0.25) is 0 Å². The standard InChI is InChI=1S/C17H25N3S2/c1-3-4-5-6-10-21-17-19-15(18)14-13-11(2)8-7-9-12(13)22-16(14)20-17/h11H,3-10H2,1-2H3,(H2,18,19,20)/t11-/m0/s1. The maximum Gasteiger partial charge on any atom is 0.190 e. The number of rotatable bonds is 6. The van der Waals surface area contributed by atoms with Gasteiger partial charge in [-0.2, -0.15) is 0 Å². The SMILES string of the molecule is CCCCCCSc1nc(N)c2c3c(sc2n1)CCC[C@@H]3C. The molecule has 5 heteroatoms. The van der Waals surface area contributed by atoms with Gasteiger partial charge >= 0.3 is 0 Å². The van der Waals surface area contributed by atoms with Gasteiger partial charge in [0, 0.05) is 10.6 Å². The molecule has 3 nitrogen and oxygen atoms in total. The zero-order valence-corrected chi connectivity index (χ0v) is 15.2. The summed E-state index contributed by atoms with van der Waals surface area (Å²) in [7, 11) is 0. The Labute approximate surface area is 141 Å². The summed E-state index contributed by atoms with van der Waals surface area (Å²) < 4.78 is 0. The van der Waals surface area contributed by atoms with Crippen LogP contribution in [0.1, 0.15) is 68.7 Å². The predicted molar refractivity (Wildman–Crippen MR) is 98.0 cm³/mol. The van der Waals surface area contributed by atoms with Crippen molar-refractivity contribution in [2.24, 2.45) is 0 Å². The lowest BCUT2D eigenvalue weighted by molar-refractivity contribution is 0.602. The maximum atomic E-state index is 6.28. The molecular weight excluding hydrogens is 310 g/mol. The molecule has 2 aromatic heterocycles. The van der Waals surface area contributed by atoms with Crippen LogP contribution in [0, 0.1) is 0 Å². The fourth-order valence-corrected chi connectivity index (χ4v) is 5.50. The average molecular weight is 336 g/mol. The smallest absolute Gasteiger partial charge is 0.190 e. The van der Waals surface area contributed by atoms with Crippen LogP contribution in [0.25, 0.3) is 10.2 Å². The van der Waals surface area contributed by atoms with E-state index in [9.17, 15) is 0 Å². The monoisotopic (exact) mass is 335 g/mol. The Morgan fingerprint density at radius 3 is 2.95 bits per heavy atom. The molecule has 3 rings (SSSR count). The van der Waals surface area contributed by atoms with E-state index in [0.717, 1.165) is 21.1 Å². The van der Waals surface area contributed by atoms with E-state index in [1.807, 2.05) is 11.3 Å². The highest BCUT2D eigenvalue weighted by Crippen LogP contribution is 2.43. The van der Waals surface area contributed by atoms with Gasteiger partial charge < -0.3 is 5.73 Å². The van der Waals surface area contributed by atoms with Crippen molar-refractivity contribution in [1.29, 1.82) is 0 Å². The van der Waals surface area contributed by atoms with Gasteiger partial charge in [0.05, 0.1) is 5.39 Å². The molecule has 1 aliphatic carbocycles. The van der Waals surface area contributed by atoms with Gasteiger partial charge in [0.2, 0.25) is 0 Å². The minimum atomic E-state index is 0.593. The molecule has 2 heterocycles. The maximum absolute atomic E-state index is 6.28. The molecule has 0 amide bonds. The first-order valence-electron chi connectivity index (χ1n) is 8.42. The topological polar surface area (TPSA) is 51.8 Å². The molecule has 1 atom stereocenters. The van der Waals surface area contributed by atoms with Crippen molar-refractivity contribution in [2.75, 3.05) is 11.5 Å². The summed E-state index contributed by atoms with van der Waals surface area (Å²) >= 11 is 3.59. The minimum Gasteiger partial charge on any atom is -0.383 e. The second-order valence-electron chi connectivity index (χ2n) is 6.21. The molecule has 2 N–H and O–H groups in total. The summed E-state index contributed by atoms with van der Waals surface area (Å²) in [6.07, 6.45) is 8.85. The molecule has 22 heavy (non-hydrogen) atoms. The van der Waals surface area contributed by atoms with Gasteiger partial charge in [-0.05, 0) is 37.2 Å². The number of thioether (sulfide) groups is 1. The van der Waals surface area contributed by atoms with Crippen molar-refractivity contribution in [3.63, 3.8) is 0 Å². The molecule has 2 aromatic rings. The van der Waals surface area contributed by atoms with Gasteiger partial charge in [0.1, 0.15) is 10.6 Å². The highest BCUT2D eigenvalue weighted by molar-refractivity contribution is 7.99. The Kier molecular flexibility index (Phi) is 5.24. The van der Waals surface area contributed by atoms with E-state index in [1.54, 1.807) is 11.8 Å². The number of nitrogens with zero attached hydrogens (tertiary/aromatic N) is 2. The highest BCUT2D eigenvalue weighted by Gasteiger charge is 2.24. The Hall–Kier alpha value is -0.810. The lowest BCUT2D eigenvalue weighted by atomic mass is 9.87. The predicted octanol–water partition coefficient (Wildman–Crippen LogP) is 5.39. The number of nitrogens with two attached hydrogens (primary N) is 1. The molecule has 1 aliphatic rings. The van der Waals surface area contributed by atoms with Crippen molar-refractivity contribution in [1.82, 2.24) is 9.97 Å². The van der Waals surface area contributed by atoms with Crippen LogP contribution in [0.4, 0.5) is 5.82 Å². The van der Waals surface area contributed by atoms with E-state index >= 15 is 0 Å². The highest BCUT2D eigenvalue weighted by atomic mass is 32.2. The molecule has 0 fully saturated rings. The fraction of sp³-hybridized carbons (Fsp3) is 0.647. The first-order chi connectivity index (χ1) is 10.7. The molecule has 0 saturated heterocycles. The summed E-state index contributed by atoms with van der Waals surface area (Å²) in [5.74, 6) is 2.37. The quantitative estimate of drug-likeness (QED) is 0.437. The van der Waals surface area contributed by atoms with E-state index in [-0.39, 0.29) is 0 Å². The lowest BCUT2D eigenvalue weighted by Gasteiger charge is -2.18. The van der Waals surface area contributed by atoms with Crippen LogP contribution in [0.3, 0.4) is 0 Å². The molecule has 120 valence electrons. The molecule has 0 radical (unpaired) electrons. The number of hydrogen-bond acceptors (Lipinski definition) is 5. The summed E-state index contributed by atoms with van der Waals surface area (Å²) in [5.41, 5.74) is 7.72. The Morgan fingerprint density at radius 2 is 2.14 bits per heavy atom. The van der Waals surface area contributed by atoms with Gasteiger partial charge in [0.15, 0.2) is 5.16 Å². The van der Waals surface area contributed by atoms with Crippen LogP contribution < -0.4 is 5.73 Å². The third-order valence-corrected chi connectivity index (χ3v) is 6.53. The van der Waals surface area contributed by atoms with Gasteiger partial charge in [-0.1, -0.05) is 44.9 Å². The van der Waals surface area contributed by atoms with Gasteiger partial charge in [0.25, 0.3) is 0 Å². The Balaban J connectivity index is 1.80. The lowest BCUT2D eigenvalue weighted by Crippen LogP contribution is -2.05. The molecule has 0 aliphatic heterocycles. The third-order valence-electron chi connectivity index (χ3n) is 4.44. The number of nitrogen functional groups attached to an aromatic ring is 1. The van der Waals surface area contributed by atoms with E-state index < -0.39 is 0 Å². The fourth-order valence-electron chi connectivity index (χ4n) is 3.25. The van der Waals surface area contributed by atoms with Crippen molar-refractivity contribution in [3.05, 3.63) is 10.4 Å². The van der Waals surface area contributed by atoms with Gasteiger partial charge in [-0.3, -0.25) is 0 Å². The van der Waals surface area contributed by atoms with E-state index in [1.165, 1.54) is 55.4 Å². The molecular formula is C17H25N3S2. The van der Waals surface area contributed by atoms with E-state index in [0.29, 0.717) is 11.7 Å². The van der Waals surface area contributed by atoms with Crippen molar-refractivity contribution < 1.29 is 0 Å². The van der Waals surface area contributed by atoms with Crippen LogP contribution >= 0.6 is 23.1 Å². The van der Waals surface area contributed by atoms with Crippen LogP contribution in [0.15, 0.2) is 5.16 Å². The number of fused-ring (bicyclic) bond motifs is 3. The Morgan fingerprint density at radius 1 is 1.27 bits per heavy atom. The zero-order chi connectivity index (χ0) is 15.5. The normalized spacial score (nSPS) is 17.8. The van der Waals surface area contributed by atoms with Gasteiger partial charge in [-0.15, -0.1) is 11.3 Å². The second-order valence-corrected chi connectivity index (χ2v) is 8.36. The second kappa shape index (κ2) is 7.18. The van der Waals surface area contributed by atoms with Crippen molar-refractivity contribution in [2.45, 2.75) is 69.9 Å². The summed E-state index contributed by atoms with van der Waals surface area (Å²) in [6, 6.07) is 0. The largest absolute Gasteiger partial charge is 0.383 e. The average Bonchev–Trinajstić information content (AvgIpc) is 2.87. The number of thiophene rings is 1. The number of aromatic nitrogens is 2. The zero-order valence-electron chi connectivity index (χ0n) is 13.5. The number of aryl methyl sites for hydroxylation is 1. The number of anilines is 1. The van der Waals surface area contributed by atoms with E-state index in [4.69, 9.17) is 10.7 Å². The molecule has 0 saturated carbocycles. The molecule has 0 unspecified atom stereocenters. The van der Waals surface area contributed by atoms with Crippen molar-refractivity contribution in [3.8, 4) is 0 Å². The molecule has 0 spiro atoms. The van der Waals surface area contributed by atoms with Crippen LogP contribution in [-0.4, -0.2) is 15.7 Å². The number of unbranched alkanes of at least 4 members (excludes halogenated alkanes) is 3. The summed E-state index contributed by atoms with van der Waals surface area (Å²) in [6.45, 7) is 4.55. The third kappa shape index (κ3) is 3.25. The van der Waals surface area contributed by atoms with Gasteiger partial charge in [-0.25, -0.2) is 9.97 Å². The Bertz CT molecular complexity index is 651. The minimum absolute atomic E-state index is 0.593. The van der Waals surface area contributed by atoms with Crippen LogP contribution in [-0.2, 0) is 6.42 Å². The number of hydrogen-bond donors (Lipinski definition) is 1. The molecule has 0 bridgehead atoms. The summed E-state index contributed by atoms with van der Waals surface area (Å²) in [5, 5.41) is 2.00. The first-order valence-corrected chi connectivity index (χ1v) is 10.2.